The van der Waals surface area contributed by atoms with E-state index < -0.39 is 9.84 Å². The zero-order valence-corrected chi connectivity index (χ0v) is 12.9. The van der Waals surface area contributed by atoms with E-state index in [-0.39, 0.29) is 4.21 Å². The fourth-order valence-corrected chi connectivity index (χ4v) is 3.65. The zero-order chi connectivity index (χ0) is 14.9. The number of benzene rings is 2. The summed E-state index contributed by atoms with van der Waals surface area (Å²) in [5.41, 5.74) is 3.36. The van der Waals surface area contributed by atoms with E-state index in [0.717, 1.165) is 28.2 Å². The molecule has 4 nitrogen and oxygen atoms in total. The van der Waals surface area contributed by atoms with Crippen molar-refractivity contribution in [2.75, 3.05) is 6.26 Å². The smallest absolute Gasteiger partial charge is 0.188 e. The number of hydrogen-bond donors (Lipinski definition) is 0. The molecule has 3 aromatic rings. The van der Waals surface area contributed by atoms with Gasteiger partial charge in [0.05, 0.1) is 0 Å². The standard InChI is InChI=1S/C15H12N2O2S2/c1-21(18,19)15-14(16-17-20-15)13-9-7-12(8-10-13)11-5-3-2-4-6-11/h2-10H,1H3. The van der Waals surface area contributed by atoms with Crippen molar-refractivity contribution in [3.63, 3.8) is 0 Å². The molecule has 0 saturated heterocycles. The van der Waals surface area contributed by atoms with Gasteiger partial charge in [-0.05, 0) is 11.1 Å². The van der Waals surface area contributed by atoms with Crippen LogP contribution in [0.25, 0.3) is 22.4 Å². The van der Waals surface area contributed by atoms with Gasteiger partial charge in [0.25, 0.3) is 0 Å². The van der Waals surface area contributed by atoms with Gasteiger partial charge in [-0.15, -0.1) is 5.10 Å². The van der Waals surface area contributed by atoms with Crippen LogP contribution < -0.4 is 0 Å². The van der Waals surface area contributed by atoms with Crippen LogP contribution in [0, 0.1) is 0 Å². The molecule has 0 saturated carbocycles. The predicted molar refractivity (Wildman–Crippen MR) is 83.9 cm³/mol. The maximum atomic E-state index is 11.7. The lowest BCUT2D eigenvalue weighted by Crippen LogP contribution is -1.96. The summed E-state index contributed by atoms with van der Waals surface area (Å²) in [6, 6.07) is 17.6. The van der Waals surface area contributed by atoms with Gasteiger partial charge in [0.15, 0.2) is 14.0 Å². The van der Waals surface area contributed by atoms with E-state index in [1.807, 2.05) is 54.6 Å². The average Bonchev–Trinajstić information content (AvgIpc) is 2.98. The lowest BCUT2D eigenvalue weighted by atomic mass is 10.0. The monoisotopic (exact) mass is 316 g/mol. The second kappa shape index (κ2) is 5.38. The van der Waals surface area contributed by atoms with Crippen LogP contribution in [0.1, 0.15) is 0 Å². The van der Waals surface area contributed by atoms with Crippen LogP contribution >= 0.6 is 11.5 Å². The summed E-state index contributed by atoms with van der Waals surface area (Å²) in [4.78, 5) is 0. The Morgan fingerprint density at radius 1 is 0.857 bits per heavy atom. The molecule has 1 heterocycles. The van der Waals surface area contributed by atoms with E-state index in [0.29, 0.717) is 5.69 Å². The van der Waals surface area contributed by atoms with Crippen LogP contribution in [-0.2, 0) is 9.84 Å². The molecule has 0 aliphatic rings. The van der Waals surface area contributed by atoms with Gasteiger partial charge in [-0.1, -0.05) is 59.1 Å². The van der Waals surface area contributed by atoms with Gasteiger partial charge < -0.3 is 0 Å². The van der Waals surface area contributed by atoms with Crippen LogP contribution in [0.2, 0.25) is 0 Å². The first-order valence-electron chi connectivity index (χ1n) is 6.24. The van der Waals surface area contributed by atoms with Crippen molar-refractivity contribution in [1.29, 1.82) is 0 Å². The molecule has 0 amide bonds. The van der Waals surface area contributed by atoms with Gasteiger partial charge in [0.2, 0.25) is 0 Å². The average molecular weight is 316 g/mol. The lowest BCUT2D eigenvalue weighted by molar-refractivity contribution is 0.604. The summed E-state index contributed by atoms with van der Waals surface area (Å²) in [6.07, 6.45) is 1.17. The molecule has 6 heteroatoms. The number of sulfone groups is 1. The van der Waals surface area contributed by atoms with Crippen molar-refractivity contribution in [3.05, 3.63) is 54.6 Å². The zero-order valence-electron chi connectivity index (χ0n) is 11.2. The molecule has 106 valence electrons. The minimum atomic E-state index is -3.31. The van der Waals surface area contributed by atoms with Crippen molar-refractivity contribution in [2.24, 2.45) is 0 Å². The van der Waals surface area contributed by atoms with Crippen molar-refractivity contribution in [3.8, 4) is 22.4 Å². The SMILES string of the molecule is CS(=O)(=O)c1snnc1-c1ccc(-c2ccccc2)cc1. The molecular weight excluding hydrogens is 304 g/mol. The van der Waals surface area contributed by atoms with Crippen LogP contribution in [0.3, 0.4) is 0 Å². The first-order valence-corrected chi connectivity index (χ1v) is 8.90. The van der Waals surface area contributed by atoms with E-state index in [1.54, 1.807) is 0 Å². The van der Waals surface area contributed by atoms with E-state index in [1.165, 1.54) is 6.26 Å². The minimum Gasteiger partial charge on any atom is -0.223 e. The number of rotatable bonds is 3. The van der Waals surface area contributed by atoms with Gasteiger partial charge in [0.1, 0.15) is 5.69 Å². The molecule has 0 aliphatic heterocycles. The number of aromatic nitrogens is 2. The summed E-state index contributed by atoms with van der Waals surface area (Å²) in [5.74, 6) is 0. The first kappa shape index (κ1) is 13.9. The Balaban J connectivity index is 2.01. The molecule has 0 atom stereocenters. The third-order valence-electron chi connectivity index (χ3n) is 3.06. The van der Waals surface area contributed by atoms with E-state index in [2.05, 4.69) is 9.59 Å². The Hall–Kier alpha value is -2.05. The molecule has 2 aromatic carbocycles. The van der Waals surface area contributed by atoms with E-state index in [4.69, 9.17) is 0 Å². The molecule has 21 heavy (non-hydrogen) atoms. The summed E-state index contributed by atoms with van der Waals surface area (Å²) < 4.78 is 27.4. The molecule has 0 spiro atoms. The van der Waals surface area contributed by atoms with Gasteiger partial charge in [-0.25, -0.2) is 8.42 Å². The molecule has 0 unspecified atom stereocenters. The summed E-state index contributed by atoms with van der Waals surface area (Å²) in [7, 11) is -3.31. The second-order valence-electron chi connectivity index (χ2n) is 4.62. The Morgan fingerprint density at radius 3 is 2.05 bits per heavy atom. The highest BCUT2D eigenvalue weighted by atomic mass is 32.2. The van der Waals surface area contributed by atoms with Crippen molar-refractivity contribution in [2.45, 2.75) is 4.21 Å². The fourth-order valence-electron chi connectivity index (χ4n) is 2.05. The van der Waals surface area contributed by atoms with Crippen molar-refractivity contribution < 1.29 is 8.42 Å². The molecule has 3 rings (SSSR count). The van der Waals surface area contributed by atoms with Crippen LogP contribution in [0.5, 0.6) is 0 Å². The third kappa shape index (κ3) is 2.86. The minimum absolute atomic E-state index is 0.204. The molecule has 0 bridgehead atoms. The van der Waals surface area contributed by atoms with Gasteiger partial charge in [-0.2, -0.15) is 0 Å². The van der Waals surface area contributed by atoms with E-state index >= 15 is 0 Å². The van der Waals surface area contributed by atoms with Gasteiger partial charge in [-0.3, -0.25) is 0 Å². The van der Waals surface area contributed by atoms with Crippen LogP contribution in [-0.4, -0.2) is 24.3 Å². The lowest BCUT2D eigenvalue weighted by Gasteiger charge is -2.03. The molecule has 1 aromatic heterocycles. The maximum Gasteiger partial charge on any atom is 0.188 e. The molecule has 0 aliphatic carbocycles. The molecular formula is C15H12N2O2S2. The number of hydrogen-bond acceptors (Lipinski definition) is 5. The van der Waals surface area contributed by atoms with E-state index in [9.17, 15) is 8.42 Å². The first-order chi connectivity index (χ1) is 10.1. The quantitative estimate of drug-likeness (QED) is 0.744. The molecule has 0 radical (unpaired) electrons. The second-order valence-corrected chi connectivity index (χ2v) is 7.59. The highest BCUT2D eigenvalue weighted by Crippen LogP contribution is 2.29. The normalized spacial score (nSPS) is 11.5. The Kier molecular flexibility index (Phi) is 3.57. The Morgan fingerprint density at radius 2 is 1.43 bits per heavy atom. The third-order valence-corrected chi connectivity index (χ3v) is 5.58. The van der Waals surface area contributed by atoms with Crippen LogP contribution in [0.4, 0.5) is 0 Å². The Bertz CT molecular complexity index is 854. The fraction of sp³-hybridized carbons (Fsp3) is 0.0667. The predicted octanol–water partition coefficient (Wildman–Crippen LogP) is 3.28. The van der Waals surface area contributed by atoms with Crippen molar-refractivity contribution in [1.82, 2.24) is 9.59 Å². The molecule has 0 fully saturated rings. The highest BCUT2D eigenvalue weighted by molar-refractivity contribution is 7.92. The van der Waals surface area contributed by atoms with Crippen molar-refractivity contribution >= 4 is 21.4 Å². The molecule has 0 N–H and O–H groups in total. The summed E-state index contributed by atoms with van der Waals surface area (Å²) >= 11 is 0.903. The van der Waals surface area contributed by atoms with Crippen LogP contribution in [0.15, 0.2) is 58.8 Å². The maximum absolute atomic E-state index is 11.7. The summed E-state index contributed by atoms with van der Waals surface area (Å²) in [5, 5.41) is 3.94. The van der Waals surface area contributed by atoms with Gasteiger partial charge >= 0.3 is 0 Å². The highest BCUT2D eigenvalue weighted by Gasteiger charge is 2.19. The Labute approximate surface area is 127 Å². The number of nitrogens with zero attached hydrogens (tertiary/aromatic N) is 2. The van der Waals surface area contributed by atoms with Gasteiger partial charge in [0, 0.05) is 23.4 Å². The topological polar surface area (TPSA) is 59.9 Å². The largest absolute Gasteiger partial charge is 0.223 e. The summed E-state index contributed by atoms with van der Waals surface area (Å²) in [6.45, 7) is 0.